The molecule has 0 aliphatic carbocycles. The summed E-state index contributed by atoms with van der Waals surface area (Å²) in [4.78, 5) is 135. The van der Waals surface area contributed by atoms with E-state index in [2.05, 4.69) is 62.5 Å². The SMILES string of the molecule is CC(=O)N[C@@H](Cc1cccnc1)C(=O)N[C@@H](C)C(=O)N[C@@H](Cc1cccnc1)C(=O)N[C@@H](C)C(=O)N[C@@H](Cc1cccnc1)C(=O)N[C@@H](C)C(=O)N[C@@H](Cc1cccnc1)C(=O)N[C@@H](C)C(N)=O. The molecule has 4 heterocycles. The standard InChI is InChI=1S/C46H57N13O9/c1-26(39(47)61)52-44(66)36(19-32-11-7-15-49-23-32)57-41(63)28(3)54-46(68)38(21-34-13-9-17-51-25-34)59-42(64)29(4)55-45(67)37(20-33-12-8-16-50-24-33)58-40(62)27(2)53-43(65)35(56-30(5)60)18-31-10-6-14-48-22-31/h6-17,22-29,35-38H,18-21H2,1-5H3,(H2,47,61)(H,52,66)(H,53,65)(H,54,68)(H,55,67)(H,56,60)(H,57,63)(H,58,62)(H,59,64)/t26-,27-,28-,29-,35-,36-,37-,38-/m0/s1. The summed E-state index contributed by atoms with van der Waals surface area (Å²) in [7, 11) is 0. The molecule has 22 heteroatoms. The summed E-state index contributed by atoms with van der Waals surface area (Å²) in [6, 6.07) is 3.72. The molecule has 9 amide bonds. The first-order valence-corrected chi connectivity index (χ1v) is 21.6. The maximum Gasteiger partial charge on any atom is 0.243 e. The highest BCUT2D eigenvalue weighted by molar-refractivity contribution is 5.98. The van der Waals surface area contributed by atoms with E-state index in [9.17, 15) is 43.2 Å². The minimum absolute atomic E-state index is 0.0168. The maximum absolute atomic E-state index is 13.9. The number of carbonyl (C=O) groups is 9. The summed E-state index contributed by atoms with van der Waals surface area (Å²) in [6.07, 6.45) is 12.1. The highest BCUT2D eigenvalue weighted by Crippen LogP contribution is 2.08. The zero-order chi connectivity index (χ0) is 49.8. The molecule has 68 heavy (non-hydrogen) atoms. The number of nitrogens with two attached hydrogens (primary N) is 1. The van der Waals surface area contributed by atoms with Crippen molar-refractivity contribution in [2.45, 2.75) is 109 Å². The Bertz CT molecular complexity index is 2360. The average molecular weight is 936 g/mol. The molecule has 0 saturated heterocycles. The molecular formula is C46H57N13O9. The lowest BCUT2D eigenvalue weighted by atomic mass is 10.0. The Kier molecular flexibility index (Phi) is 20.1. The van der Waals surface area contributed by atoms with Gasteiger partial charge in [-0.3, -0.25) is 63.1 Å². The topological polar surface area (TPSA) is 327 Å². The van der Waals surface area contributed by atoms with Gasteiger partial charge in [-0.2, -0.15) is 0 Å². The molecule has 0 aliphatic rings. The van der Waals surface area contributed by atoms with Crippen molar-refractivity contribution in [2.75, 3.05) is 0 Å². The summed E-state index contributed by atoms with van der Waals surface area (Å²) >= 11 is 0. The van der Waals surface area contributed by atoms with E-state index in [1.54, 1.807) is 60.9 Å². The summed E-state index contributed by atoms with van der Waals surface area (Å²) in [5.41, 5.74) is 7.67. The molecule has 0 unspecified atom stereocenters. The number of hydrogen-bond acceptors (Lipinski definition) is 13. The largest absolute Gasteiger partial charge is 0.368 e. The molecule has 0 fully saturated rings. The molecule has 10 N–H and O–H groups in total. The third-order valence-corrected chi connectivity index (χ3v) is 10.3. The smallest absolute Gasteiger partial charge is 0.243 e. The zero-order valence-corrected chi connectivity index (χ0v) is 38.2. The average Bonchev–Trinajstić information content (AvgIpc) is 3.31. The number of nitrogens with one attached hydrogen (secondary N) is 8. The first kappa shape index (κ1) is 52.5. The molecule has 0 spiro atoms. The van der Waals surface area contributed by atoms with E-state index in [0.29, 0.717) is 22.3 Å². The van der Waals surface area contributed by atoms with Gasteiger partial charge >= 0.3 is 0 Å². The molecule has 0 bridgehead atoms. The van der Waals surface area contributed by atoms with E-state index in [1.165, 1.54) is 71.8 Å². The second-order valence-corrected chi connectivity index (χ2v) is 16.0. The Morgan fingerprint density at radius 1 is 0.397 bits per heavy atom. The molecule has 0 radical (unpaired) electrons. The van der Waals surface area contributed by atoms with Gasteiger partial charge in [0.05, 0.1) is 0 Å². The van der Waals surface area contributed by atoms with Gasteiger partial charge in [-0.05, 0) is 74.2 Å². The first-order chi connectivity index (χ1) is 32.4. The molecule has 4 aromatic rings. The molecule has 360 valence electrons. The number of rotatable bonds is 24. The van der Waals surface area contributed by atoms with Crippen molar-refractivity contribution in [3.05, 3.63) is 120 Å². The van der Waals surface area contributed by atoms with Gasteiger partial charge in [0, 0.05) is 82.2 Å². The predicted molar refractivity (Wildman–Crippen MR) is 245 cm³/mol. The Balaban J connectivity index is 1.45. The molecule has 0 aliphatic heterocycles. The van der Waals surface area contributed by atoms with Crippen LogP contribution in [0, 0.1) is 0 Å². The van der Waals surface area contributed by atoms with Crippen LogP contribution in [0.5, 0.6) is 0 Å². The summed E-state index contributed by atoms with van der Waals surface area (Å²) in [6.45, 7) is 6.78. The van der Waals surface area contributed by atoms with E-state index in [-0.39, 0.29) is 25.7 Å². The van der Waals surface area contributed by atoms with Crippen molar-refractivity contribution in [1.82, 2.24) is 62.5 Å². The molecule has 0 aromatic carbocycles. The first-order valence-electron chi connectivity index (χ1n) is 21.6. The Labute approximate surface area is 392 Å². The van der Waals surface area contributed by atoms with E-state index < -0.39 is 101 Å². The van der Waals surface area contributed by atoms with Crippen molar-refractivity contribution >= 4 is 53.2 Å². The number of amides is 9. The molecule has 8 atom stereocenters. The van der Waals surface area contributed by atoms with Gasteiger partial charge in [-0.15, -0.1) is 0 Å². The van der Waals surface area contributed by atoms with E-state index in [0.717, 1.165) is 0 Å². The number of nitrogens with zero attached hydrogens (tertiary/aromatic N) is 4. The second kappa shape index (κ2) is 26.1. The van der Waals surface area contributed by atoms with Gasteiger partial charge in [0.15, 0.2) is 0 Å². The van der Waals surface area contributed by atoms with Crippen LogP contribution in [0.2, 0.25) is 0 Å². The lowest BCUT2D eigenvalue weighted by Crippen LogP contribution is -2.60. The molecular weight excluding hydrogens is 879 g/mol. The van der Waals surface area contributed by atoms with Gasteiger partial charge in [0.2, 0.25) is 53.2 Å². The van der Waals surface area contributed by atoms with Crippen LogP contribution in [-0.4, -0.2) is 121 Å². The lowest BCUT2D eigenvalue weighted by molar-refractivity contribution is -0.135. The van der Waals surface area contributed by atoms with Crippen molar-refractivity contribution < 1.29 is 43.2 Å². The quantitative estimate of drug-likeness (QED) is 0.0368. The van der Waals surface area contributed by atoms with Gasteiger partial charge in [-0.1, -0.05) is 24.3 Å². The van der Waals surface area contributed by atoms with Crippen LogP contribution >= 0.6 is 0 Å². The zero-order valence-electron chi connectivity index (χ0n) is 38.2. The van der Waals surface area contributed by atoms with Gasteiger partial charge in [0.1, 0.15) is 48.3 Å². The van der Waals surface area contributed by atoms with E-state index in [1.807, 2.05) is 0 Å². The minimum atomic E-state index is -1.32. The fraction of sp³-hybridized carbons (Fsp3) is 0.370. The van der Waals surface area contributed by atoms with Crippen LogP contribution in [-0.2, 0) is 68.8 Å². The summed E-state index contributed by atoms with van der Waals surface area (Å²) in [5.74, 6) is -6.54. The number of aromatic nitrogens is 4. The molecule has 4 rings (SSSR count). The van der Waals surface area contributed by atoms with Crippen molar-refractivity contribution in [2.24, 2.45) is 5.73 Å². The fourth-order valence-electron chi connectivity index (χ4n) is 6.51. The van der Waals surface area contributed by atoms with Crippen LogP contribution in [0.3, 0.4) is 0 Å². The van der Waals surface area contributed by atoms with Crippen molar-refractivity contribution in [1.29, 1.82) is 0 Å². The normalized spacial score (nSPS) is 14.3. The number of hydrogen-bond donors (Lipinski definition) is 9. The third kappa shape index (κ3) is 17.3. The van der Waals surface area contributed by atoms with Crippen LogP contribution in [0.15, 0.2) is 98.1 Å². The third-order valence-electron chi connectivity index (χ3n) is 10.3. The van der Waals surface area contributed by atoms with Crippen LogP contribution in [0.25, 0.3) is 0 Å². The lowest BCUT2D eigenvalue weighted by Gasteiger charge is -2.26. The second-order valence-electron chi connectivity index (χ2n) is 16.0. The molecule has 4 aromatic heterocycles. The Morgan fingerprint density at radius 3 is 0.868 bits per heavy atom. The molecule has 0 saturated carbocycles. The van der Waals surface area contributed by atoms with Crippen molar-refractivity contribution in [3.63, 3.8) is 0 Å². The Hall–Kier alpha value is -8.17. The number of pyridine rings is 4. The maximum atomic E-state index is 13.9. The Morgan fingerprint density at radius 2 is 0.647 bits per heavy atom. The highest BCUT2D eigenvalue weighted by atomic mass is 16.2. The summed E-state index contributed by atoms with van der Waals surface area (Å²) in [5, 5.41) is 20.6. The van der Waals surface area contributed by atoms with E-state index >= 15 is 0 Å². The van der Waals surface area contributed by atoms with Gasteiger partial charge < -0.3 is 48.3 Å². The van der Waals surface area contributed by atoms with Crippen LogP contribution < -0.4 is 48.3 Å². The van der Waals surface area contributed by atoms with Crippen LogP contribution in [0.4, 0.5) is 0 Å². The highest BCUT2D eigenvalue weighted by Gasteiger charge is 2.32. The van der Waals surface area contributed by atoms with Crippen LogP contribution in [0.1, 0.15) is 56.9 Å². The predicted octanol–water partition coefficient (Wildman–Crippen LogP) is -2.00. The molecule has 22 nitrogen and oxygen atoms in total. The monoisotopic (exact) mass is 935 g/mol. The number of carbonyl (C=O) groups excluding carboxylic acids is 9. The number of primary amides is 1. The minimum Gasteiger partial charge on any atom is -0.368 e. The summed E-state index contributed by atoms with van der Waals surface area (Å²) < 4.78 is 0. The van der Waals surface area contributed by atoms with Gasteiger partial charge in [0.25, 0.3) is 0 Å². The van der Waals surface area contributed by atoms with Gasteiger partial charge in [-0.25, -0.2) is 0 Å². The van der Waals surface area contributed by atoms with E-state index in [4.69, 9.17) is 5.73 Å². The fourth-order valence-corrected chi connectivity index (χ4v) is 6.51. The van der Waals surface area contributed by atoms with Crippen molar-refractivity contribution in [3.8, 4) is 0 Å².